The third-order valence-electron chi connectivity index (χ3n) is 5.27. The van der Waals surface area contributed by atoms with Crippen LogP contribution >= 0.6 is 0 Å². The van der Waals surface area contributed by atoms with Crippen molar-refractivity contribution in [2.45, 2.75) is 60.2 Å². The molecular weight excluding hydrogens is 376 g/mol. The van der Waals surface area contributed by atoms with Crippen molar-refractivity contribution in [3.8, 4) is 0 Å². The Labute approximate surface area is 182 Å². The van der Waals surface area contributed by atoms with Gasteiger partial charge in [-0.05, 0) is 36.8 Å². The molecule has 0 fully saturated rings. The molecule has 1 aliphatic rings. The van der Waals surface area contributed by atoms with Crippen LogP contribution in [0.25, 0.3) is 0 Å². The van der Waals surface area contributed by atoms with E-state index in [0.717, 1.165) is 11.1 Å². The lowest BCUT2D eigenvalue weighted by molar-refractivity contribution is 0.0823. The van der Waals surface area contributed by atoms with E-state index in [1.807, 2.05) is 32.0 Å². The van der Waals surface area contributed by atoms with Crippen LogP contribution in [0.3, 0.4) is 0 Å². The van der Waals surface area contributed by atoms with Gasteiger partial charge < -0.3 is 14.2 Å². The van der Waals surface area contributed by atoms with Crippen molar-refractivity contribution in [1.82, 2.24) is 0 Å². The van der Waals surface area contributed by atoms with E-state index in [-0.39, 0.29) is 23.9 Å². The number of benzene rings is 1. The summed E-state index contributed by atoms with van der Waals surface area (Å²) in [4.78, 5) is 9.81. The zero-order valence-corrected chi connectivity index (χ0v) is 19.4. The molecule has 1 aromatic carbocycles. The van der Waals surface area contributed by atoms with Gasteiger partial charge in [0.05, 0.1) is 26.4 Å². The van der Waals surface area contributed by atoms with Gasteiger partial charge in [-0.3, -0.25) is 0 Å². The Morgan fingerprint density at radius 1 is 0.967 bits per heavy atom. The normalized spacial score (nSPS) is 20.0. The summed E-state index contributed by atoms with van der Waals surface area (Å²) >= 11 is 0. The van der Waals surface area contributed by atoms with Crippen LogP contribution in [0.2, 0.25) is 0 Å². The maximum atomic E-state index is 6.06. The van der Waals surface area contributed by atoms with E-state index in [4.69, 9.17) is 24.2 Å². The van der Waals surface area contributed by atoms with E-state index in [1.54, 1.807) is 0 Å². The minimum absolute atomic E-state index is 0.123. The predicted molar refractivity (Wildman–Crippen MR) is 124 cm³/mol. The molecule has 0 aromatic heterocycles. The minimum atomic E-state index is -0.339. The summed E-state index contributed by atoms with van der Waals surface area (Å²) in [6.07, 6.45) is 0. The van der Waals surface area contributed by atoms with Crippen molar-refractivity contribution >= 4 is 11.8 Å². The summed E-state index contributed by atoms with van der Waals surface area (Å²) < 4.78 is 17.8. The smallest absolute Gasteiger partial charge is 0.214 e. The Morgan fingerprint density at radius 2 is 1.60 bits per heavy atom. The second kappa shape index (κ2) is 11.9. The molecule has 1 aliphatic heterocycles. The summed E-state index contributed by atoms with van der Waals surface area (Å²) in [6, 6.07) is 9.75. The largest absolute Gasteiger partial charge is 0.480 e. The third kappa shape index (κ3) is 6.43. The first-order chi connectivity index (χ1) is 14.4. The second-order valence-electron chi connectivity index (χ2n) is 8.32. The molecule has 1 unspecified atom stereocenters. The van der Waals surface area contributed by atoms with Crippen molar-refractivity contribution in [2.24, 2.45) is 27.7 Å². The highest BCUT2D eigenvalue weighted by Gasteiger charge is 2.35. The number of hydrogen-bond donors (Lipinski definition) is 0. The van der Waals surface area contributed by atoms with Gasteiger partial charge in [0.2, 0.25) is 11.8 Å². The van der Waals surface area contributed by atoms with E-state index >= 15 is 0 Å². The maximum absolute atomic E-state index is 6.06. The molecule has 1 heterocycles. The highest BCUT2D eigenvalue weighted by Crippen LogP contribution is 2.29. The number of aliphatic imine (C=N–C) groups is 2. The average Bonchev–Trinajstić information content (AvgIpc) is 2.72. The fraction of sp³-hybridized carbons (Fsp3) is 0.600. The number of ether oxygens (including phenoxy) is 3. The summed E-state index contributed by atoms with van der Waals surface area (Å²) in [5, 5.41) is 0. The van der Waals surface area contributed by atoms with Crippen LogP contribution in [-0.4, -0.2) is 43.7 Å². The molecule has 0 amide bonds. The van der Waals surface area contributed by atoms with E-state index < -0.39 is 0 Å². The Kier molecular flexibility index (Phi) is 9.57. The second-order valence-corrected chi connectivity index (χ2v) is 8.32. The average molecular weight is 415 g/mol. The lowest BCUT2D eigenvalue weighted by atomic mass is 9.85. The van der Waals surface area contributed by atoms with Crippen LogP contribution in [0.5, 0.6) is 0 Å². The van der Waals surface area contributed by atoms with Crippen LogP contribution in [0.4, 0.5) is 0 Å². The molecule has 5 heteroatoms. The van der Waals surface area contributed by atoms with Crippen molar-refractivity contribution in [1.29, 1.82) is 0 Å². The van der Waals surface area contributed by atoms with E-state index in [1.165, 1.54) is 0 Å². The Bertz CT molecular complexity index is 725. The lowest BCUT2D eigenvalue weighted by Gasteiger charge is -2.32. The van der Waals surface area contributed by atoms with Gasteiger partial charge in [0.25, 0.3) is 0 Å². The zero-order valence-electron chi connectivity index (χ0n) is 19.4. The third-order valence-corrected chi connectivity index (χ3v) is 5.27. The molecule has 0 spiro atoms. The first-order valence-electron chi connectivity index (χ1n) is 11.1. The summed E-state index contributed by atoms with van der Waals surface area (Å²) in [7, 11) is 0. The van der Waals surface area contributed by atoms with E-state index in [0.29, 0.717) is 44.1 Å². The lowest BCUT2D eigenvalue weighted by Crippen LogP contribution is -2.41. The van der Waals surface area contributed by atoms with Gasteiger partial charge in [-0.2, -0.15) is 0 Å². The van der Waals surface area contributed by atoms with Crippen molar-refractivity contribution in [3.05, 3.63) is 48.0 Å². The highest BCUT2D eigenvalue weighted by molar-refractivity contribution is 5.96. The summed E-state index contributed by atoms with van der Waals surface area (Å²) in [5.41, 5.74) is 2.13. The van der Waals surface area contributed by atoms with Gasteiger partial charge in [0.1, 0.15) is 12.1 Å². The maximum Gasteiger partial charge on any atom is 0.214 e. The molecule has 0 N–H and O–H groups in total. The fourth-order valence-corrected chi connectivity index (χ4v) is 3.54. The topological polar surface area (TPSA) is 52.4 Å². The first-order valence-corrected chi connectivity index (χ1v) is 11.1. The number of nitrogens with zero attached hydrogens (tertiary/aromatic N) is 2. The summed E-state index contributed by atoms with van der Waals surface area (Å²) in [6.45, 7) is 19.2. The quantitative estimate of drug-likeness (QED) is 0.488. The minimum Gasteiger partial charge on any atom is -0.480 e. The standard InChI is InChI=1S/C25H38N2O3/c1-8-29-24-22(18(5)6)26-25(30-9-2)23(27-24)19(7)21(17(3)4)16-28-15-20-13-11-10-12-14-20/h10-14,17-18,21-23H,7-9,15-16H2,1-6H3/t21-,22?,23+/m1/s1. The van der Waals surface area contributed by atoms with Crippen LogP contribution in [-0.2, 0) is 20.8 Å². The van der Waals surface area contributed by atoms with Gasteiger partial charge in [0.15, 0.2) is 0 Å². The Morgan fingerprint density at radius 3 is 2.17 bits per heavy atom. The Balaban J connectivity index is 2.19. The zero-order chi connectivity index (χ0) is 22.1. The van der Waals surface area contributed by atoms with E-state index in [2.05, 4.69) is 46.4 Å². The van der Waals surface area contributed by atoms with E-state index in [9.17, 15) is 0 Å². The molecule has 3 atom stereocenters. The van der Waals surface area contributed by atoms with Gasteiger partial charge in [-0.25, -0.2) is 9.98 Å². The van der Waals surface area contributed by atoms with Crippen molar-refractivity contribution < 1.29 is 14.2 Å². The molecule has 0 aliphatic carbocycles. The van der Waals surface area contributed by atoms with Crippen LogP contribution < -0.4 is 0 Å². The number of rotatable bonds is 10. The Hall–Kier alpha value is -2.14. The highest BCUT2D eigenvalue weighted by atomic mass is 16.5. The molecule has 166 valence electrons. The van der Waals surface area contributed by atoms with Crippen molar-refractivity contribution in [3.63, 3.8) is 0 Å². The molecule has 0 bridgehead atoms. The van der Waals surface area contributed by atoms with Crippen molar-refractivity contribution in [2.75, 3.05) is 19.8 Å². The van der Waals surface area contributed by atoms with Crippen LogP contribution in [0.15, 0.2) is 52.5 Å². The molecular formula is C25H38N2O3. The van der Waals surface area contributed by atoms with Gasteiger partial charge in [0, 0.05) is 5.92 Å². The molecule has 0 radical (unpaired) electrons. The SMILES string of the molecule is C=C([C@@H]1N=C(OCC)C(C(C)C)N=C1OCC)[C@H](COCc1ccccc1)C(C)C. The molecule has 30 heavy (non-hydrogen) atoms. The van der Waals surface area contributed by atoms with Crippen LogP contribution in [0.1, 0.15) is 47.1 Å². The van der Waals surface area contributed by atoms with Gasteiger partial charge in [-0.15, -0.1) is 0 Å². The molecule has 0 saturated carbocycles. The predicted octanol–water partition coefficient (Wildman–Crippen LogP) is 5.31. The molecule has 0 saturated heterocycles. The van der Waals surface area contributed by atoms with Crippen LogP contribution in [0, 0.1) is 17.8 Å². The first kappa shape index (κ1) is 24.1. The van der Waals surface area contributed by atoms with Gasteiger partial charge in [-0.1, -0.05) is 64.6 Å². The monoisotopic (exact) mass is 414 g/mol. The molecule has 5 nitrogen and oxygen atoms in total. The molecule has 1 aromatic rings. The fourth-order valence-electron chi connectivity index (χ4n) is 3.54. The number of hydrogen-bond acceptors (Lipinski definition) is 5. The van der Waals surface area contributed by atoms with Gasteiger partial charge >= 0.3 is 0 Å². The molecule has 2 rings (SSSR count). The summed E-state index contributed by atoms with van der Waals surface area (Å²) in [5.74, 6) is 2.07.